The maximum atomic E-state index is 12.7. The number of piperidine rings is 1. The molecule has 29 heavy (non-hydrogen) atoms. The van der Waals surface area contributed by atoms with Gasteiger partial charge in [-0.2, -0.15) is 4.98 Å². The van der Waals surface area contributed by atoms with Gasteiger partial charge in [0.2, 0.25) is 5.95 Å². The lowest BCUT2D eigenvalue weighted by atomic mass is 10.1. The summed E-state index contributed by atoms with van der Waals surface area (Å²) in [6, 6.07) is 4.09. The number of nitrogens with one attached hydrogen (secondary N) is 1. The summed E-state index contributed by atoms with van der Waals surface area (Å²) in [7, 11) is 1.74. The highest BCUT2D eigenvalue weighted by Gasteiger charge is 2.27. The third kappa shape index (κ3) is 4.75. The molecule has 0 radical (unpaired) electrons. The van der Waals surface area contributed by atoms with Crippen LogP contribution in [0.2, 0.25) is 0 Å². The summed E-state index contributed by atoms with van der Waals surface area (Å²) in [6.45, 7) is 5.12. The number of nitrogens with zero attached hydrogens (tertiary/aromatic N) is 4. The fourth-order valence-electron chi connectivity index (χ4n) is 4.50. The predicted molar refractivity (Wildman–Crippen MR) is 118 cm³/mol. The molecule has 2 aliphatic rings. The Labute approximate surface area is 176 Å². The van der Waals surface area contributed by atoms with Crippen molar-refractivity contribution in [2.75, 3.05) is 37.9 Å². The minimum Gasteiger partial charge on any atom is -0.384 e. The minimum atomic E-state index is 0.0438. The number of hydrogen-bond acceptors (Lipinski definition) is 7. The van der Waals surface area contributed by atoms with Gasteiger partial charge < -0.3 is 10.1 Å². The van der Waals surface area contributed by atoms with Crippen LogP contribution in [0.25, 0.3) is 11.0 Å². The molecule has 1 aliphatic heterocycles. The zero-order chi connectivity index (χ0) is 20.2. The molecule has 2 aromatic heterocycles. The molecule has 1 saturated carbocycles. The first-order chi connectivity index (χ1) is 14.2. The Bertz CT molecular complexity index is 881. The summed E-state index contributed by atoms with van der Waals surface area (Å²) >= 11 is 1.86. The molecule has 2 unspecified atom stereocenters. The van der Waals surface area contributed by atoms with E-state index in [4.69, 9.17) is 9.72 Å². The van der Waals surface area contributed by atoms with Gasteiger partial charge in [-0.1, -0.05) is 25.3 Å². The van der Waals surface area contributed by atoms with Crippen LogP contribution in [0.5, 0.6) is 0 Å². The van der Waals surface area contributed by atoms with Crippen LogP contribution in [0.1, 0.15) is 45.1 Å². The molecule has 8 heteroatoms. The number of fused-ring (bicyclic) bond motifs is 1. The minimum absolute atomic E-state index is 0.0438. The van der Waals surface area contributed by atoms with E-state index in [2.05, 4.69) is 21.5 Å². The Hall–Kier alpha value is -1.64. The van der Waals surface area contributed by atoms with E-state index in [1.54, 1.807) is 13.2 Å². The zero-order valence-corrected chi connectivity index (χ0v) is 18.2. The molecule has 0 aromatic carbocycles. The average Bonchev–Trinajstić information content (AvgIpc) is 3.15. The fourth-order valence-corrected chi connectivity index (χ4v) is 5.47. The monoisotopic (exact) mass is 417 g/mol. The van der Waals surface area contributed by atoms with Gasteiger partial charge in [-0.15, -0.1) is 0 Å². The van der Waals surface area contributed by atoms with Crippen LogP contribution in [0, 0.1) is 5.92 Å². The molecule has 2 aromatic rings. The van der Waals surface area contributed by atoms with Gasteiger partial charge in [-0.05, 0) is 37.7 Å². The lowest BCUT2D eigenvalue weighted by molar-refractivity contribution is 0.217. The van der Waals surface area contributed by atoms with Crippen LogP contribution in [-0.4, -0.2) is 57.4 Å². The van der Waals surface area contributed by atoms with Crippen molar-refractivity contribution in [2.45, 2.75) is 51.1 Å². The Balaban J connectivity index is 1.47. The molecule has 0 bridgehead atoms. The standard InChI is InChI=1S/C21H31N5O2S/c1-15-4-3-5-18(15)26-19(27)7-6-16-14-22-21(24-20(16)26)23-17-8-10-25(11-9-17)29-13-12-28-2/h6-7,14-15,17-18H,3-5,8-13H2,1-2H3,(H,22,23,24). The summed E-state index contributed by atoms with van der Waals surface area (Å²) in [6.07, 6.45) is 7.35. The molecule has 1 saturated heterocycles. The summed E-state index contributed by atoms with van der Waals surface area (Å²) in [5.41, 5.74) is 0.809. The first-order valence-electron chi connectivity index (χ1n) is 10.7. The van der Waals surface area contributed by atoms with Gasteiger partial charge in [0.25, 0.3) is 5.56 Å². The van der Waals surface area contributed by atoms with E-state index in [9.17, 15) is 4.79 Å². The topological polar surface area (TPSA) is 72.3 Å². The van der Waals surface area contributed by atoms with Crippen LogP contribution < -0.4 is 10.9 Å². The highest BCUT2D eigenvalue weighted by molar-refractivity contribution is 7.97. The zero-order valence-electron chi connectivity index (χ0n) is 17.3. The Kier molecular flexibility index (Phi) is 6.72. The number of anilines is 1. The number of pyridine rings is 1. The quantitative estimate of drug-likeness (QED) is 0.547. The second-order valence-corrected chi connectivity index (χ2v) is 9.35. The Morgan fingerprint density at radius 2 is 2.07 bits per heavy atom. The van der Waals surface area contributed by atoms with Crippen molar-refractivity contribution < 1.29 is 4.74 Å². The lowest BCUT2D eigenvalue weighted by Crippen LogP contribution is -2.36. The second-order valence-electron chi connectivity index (χ2n) is 8.16. The van der Waals surface area contributed by atoms with E-state index in [-0.39, 0.29) is 11.6 Å². The molecule has 2 fully saturated rings. The van der Waals surface area contributed by atoms with Crippen molar-refractivity contribution in [3.63, 3.8) is 0 Å². The molecule has 7 nitrogen and oxygen atoms in total. The maximum absolute atomic E-state index is 12.7. The molecule has 4 rings (SSSR count). The number of ether oxygens (including phenoxy) is 1. The van der Waals surface area contributed by atoms with Gasteiger partial charge in [0.05, 0.1) is 6.61 Å². The fraction of sp³-hybridized carbons (Fsp3) is 0.667. The van der Waals surface area contributed by atoms with Gasteiger partial charge in [0.15, 0.2) is 0 Å². The van der Waals surface area contributed by atoms with Gasteiger partial charge >= 0.3 is 0 Å². The first kappa shape index (κ1) is 20.6. The third-order valence-electron chi connectivity index (χ3n) is 6.16. The van der Waals surface area contributed by atoms with Gasteiger partial charge in [-0.25, -0.2) is 4.98 Å². The molecular formula is C21H31N5O2S. The molecular weight excluding hydrogens is 386 g/mol. The SMILES string of the molecule is COCCSN1CCC(Nc2ncc3ccc(=O)n(C4CCCC4C)c3n2)CC1. The molecule has 158 valence electrons. The highest BCUT2D eigenvalue weighted by atomic mass is 32.2. The van der Waals surface area contributed by atoms with Gasteiger partial charge in [-0.3, -0.25) is 13.7 Å². The van der Waals surface area contributed by atoms with E-state index in [0.29, 0.717) is 17.9 Å². The van der Waals surface area contributed by atoms with E-state index in [1.165, 1.54) is 12.8 Å². The van der Waals surface area contributed by atoms with E-state index in [0.717, 1.165) is 55.7 Å². The van der Waals surface area contributed by atoms with Crippen LogP contribution in [0.15, 0.2) is 23.1 Å². The van der Waals surface area contributed by atoms with Crippen LogP contribution in [-0.2, 0) is 4.74 Å². The summed E-state index contributed by atoms with van der Waals surface area (Å²) in [5.74, 6) is 2.14. The smallest absolute Gasteiger partial charge is 0.252 e. The van der Waals surface area contributed by atoms with Crippen molar-refractivity contribution in [2.24, 2.45) is 5.92 Å². The van der Waals surface area contributed by atoms with E-state index < -0.39 is 0 Å². The van der Waals surface area contributed by atoms with Gasteiger partial charge in [0, 0.05) is 55.7 Å². The number of aromatic nitrogens is 3. The highest BCUT2D eigenvalue weighted by Crippen LogP contribution is 2.35. The summed E-state index contributed by atoms with van der Waals surface area (Å²) in [4.78, 5) is 22.0. The molecule has 1 N–H and O–H groups in total. The molecule has 1 aliphatic carbocycles. The molecule has 2 atom stereocenters. The van der Waals surface area contributed by atoms with Crippen molar-refractivity contribution in [3.05, 3.63) is 28.7 Å². The lowest BCUT2D eigenvalue weighted by Gasteiger charge is -2.31. The van der Waals surface area contributed by atoms with E-state index >= 15 is 0 Å². The van der Waals surface area contributed by atoms with Crippen LogP contribution >= 0.6 is 11.9 Å². The maximum Gasteiger partial charge on any atom is 0.252 e. The van der Waals surface area contributed by atoms with Crippen molar-refractivity contribution in [3.8, 4) is 0 Å². The summed E-state index contributed by atoms with van der Waals surface area (Å²) in [5, 5.41) is 4.44. The Morgan fingerprint density at radius 1 is 1.24 bits per heavy atom. The normalized spacial score (nSPS) is 23.7. The third-order valence-corrected chi connectivity index (χ3v) is 7.24. The molecule has 3 heterocycles. The van der Waals surface area contributed by atoms with Crippen LogP contribution in [0.3, 0.4) is 0 Å². The number of methoxy groups -OCH3 is 1. The largest absolute Gasteiger partial charge is 0.384 e. The second kappa shape index (κ2) is 9.45. The van der Waals surface area contributed by atoms with Crippen molar-refractivity contribution in [1.29, 1.82) is 0 Å². The first-order valence-corrected chi connectivity index (χ1v) is 11.6. The molecule has 0 spiro atoms. The van der Waals surface area contributed by atoms with Crippen molar-refractivity contribution >= 4 is 28.9 Å². The van der Waals surface area contributed by atoms with Gasteiger partial charge in [0.1, 0.15) is 5.65 Å². The van der Waals surface area contributed by atoms with E-state index in [1.807, 2.05) is 28.8 Å². The average molecular weight is 418 g/mol. The predicted octanol–water partition coefficient (Wildman–Crippen LogP) is 3.32. The Morgan fingerprint density at radius 3 is 2.79 bits per heavy atom. The van der Waals surface area contributed by atoms with Crippen molar-refractivity contribution in [1.82, 2.24) is 18.8 Å². The number of hydrogen-bond donors (Lipinski definition) is 1. The van der Waals surface area contributed by atoms with Crippen LogP contribution in [0.4, 0.5) is 5.95 Å². The molecule has 0 amide bonds. The number of rotatable bonds is 7. The summed E-state index contributed by atoms with van der Waals surface area (Å²) < 4.78 is 9.45.